The molecule has 6 heteroatoms. The van der Waals surface area contributed by atoms with Crippen molar-refractivity contribution >= 4 is 23.1 Å². The molecule has 0 aliphatic heterocycles. The first-order chi connectivity index (χ1) is 8.19. The lowest BCUT2D eigenvalue weighted by molar-refractivity contribution is 0.169. The van der Waals surface area contributed by atoms with Crippen molar-refractivity contribution in [2.24, 2.45) is 0 Å². The second-order valence-corrected chi connectivity index (χ2v) is 6.03. The third-order valence-electron chi connectivity index (χ3n) is 2.20. The van der Waals surface area contributed by atoms with Gasteiger partial charge in [-0.3, -0.25) is 4.98 Å². The lowest BCUT2D eigenvalue weighted by Crippen LogP contribution is -1.97. The Labute approximate surface area is 108 Å². The molecule has 1 atom stereocenters. The van der Waals surface area contributed by atoms with Crippen LogP contribution in [0.15, 0.2) is 27.6 Å². The van der Waals surface area contributed by atoms with Gasteiger partial charge in [-0.2, -0.15) is 0 Å². The molecule has 0 spiro atoms. The lowest BCUT2D eigenvalue weighted by atomic mass is 10.2. The Balaban J connectivity index is 2.08. The average molecular weight is 267 g/mol. The maximum atomic E-state index is 9.62. The van der Waals surface area contributed by atoms with E-state index in [1.807, 2.05) is 26.0 Å². The van der Waals surface area contributed by atoms with Crippen molar-refractivity contribution in [3.05, 3.63) is 29.0 Å². The Kier molecular flexibility index (Phi) is 4.09. The van der Waals surface area contributed by atoms with Gasteiger partial charge in [-0.1, -0.05) is 30.0 Å². The SMILES string of the molecule is CC[C@H](O)c1ccc(Sc2nnc(C)s2)cn1. The number of aliphatic hydroxyl groups excluding tert-OH is 1. The maximum Gasteiger partial charge on any atom is 0.179 e. The fraction of sp³-hybridized carbons (Fsp3) is 0.364. The average Bonchev–Trinajstić information content (AvgIpc) is 2.75. The fourth-order valence-corrected chi connectivity index (χ4v) is 3.04. The van der Waals surface area contributed by atoms with Gasteiger partial charge in [-0.05, 0) is 25.5 Å². The highest BCUT2D eigenvalue weighted by Crippen LogP contribution is 2.29. The zero-order valence-corrected chi connectivity index (χ0v) is 11.3. The van der Waals surface area contributed by atoms with Gasteiger partial charge >= 0.3 is 0 Å². The van der Waals surface area contributed by atoms with Crippen LogP contribution in [0.2, 0.25) is 0 Å². The molecule has 2 aromatic heterocycles. The van der Waals surface area contributed by atoms with Crippen LogP contribution in [0.25, 0.3) is 0 Å². The van der Waals surface area contributed by atoms with Crippen molar-refractivity contribution in [3.63, 3.8) is 0 Å². The highest BCUT2D eigenvalue weighted by molar-refractivity contribution is 8.01. The highest BCUT2D eigenvalue weighted by Gasteiger charge is 2.07. The molecule has 2 aromatic rings. The van der Waals surface area contributed by atoms with Crippen molar-refractivity contribution < 1.29 is 5.11 Å². The number of rotatable bonds is 4. The van der Waals surface area contributed by atoms with E-state index in [4.69, 9.17) is 0 Å². The number of nitrogens with zero attached hydrogens (tertiary/aromatic N) is 3. The summed E-state index contributed by atoms with van der Waals surface area (Å²) in [5.74, 6) is 0. The van der Waals surface area contributed by atoms with Crippen LogP contribution in [0.4, 0.5) is 0 Å². The van der Waals surface area contributed by atoms with Crippen molar-refractivity contribution in [2.75, 3.05) is 0 Å². The van der Waals surface area contributed by atoms with Crippen molar-refractivity contribution in [2.45, 2.75) is 35.6 Å². The number of aliphatic hydroxyl groups is 1. The Bertz CT molecular complexity index is 484. The molecular weight excluding hydrogens is 254 g/mol. The predicted molar refractivity (Wildman–Crippen MR) is 68.3 cm³/mol. The smallest absolute Gasteiger partial charge is 0.179 e. The normalized spacial score (nSPS) is 12.6. The van der Waals surface area contributed by atoms with E-state index in [2.05, 4.69) is 15.2 Å². The Hall–Kier alpha value is -0.980. The molecule has 1 N–H and O–H groups in total. The van der Waals surface area contributed by atoms with Crippen molar-refractivity contribution in [1.29, 1.82) is 0 Å². The molecule has 0 bridgehead atoms. The van der Waals surface area contributed by atoms with Gasteiger partial charge in [0.05, 0.1) is 11.8 Å². The van der Waals surface area contributed by atoms with Crippen LogP contribution >= 0.6 is 23.1 Å². The fourth-order valence-electron chi connectivity index (χ4n) is 1.28. The molecule has 0 saturated heterocycles. The van der Waals surface area contributed by atoms with Gasteiger partial charge in [-0.15, -0.1) is 10.2 Å². The monoisotopic (exact) mass is 267 g/mol. The summed E-state index contributed by atoms with van der Waals surface area (Å²) in [6.07, 6.45) is 1.96. The molecule has 17 heavy (non-hydrogen) atoms. The summed E-state index contributed by atoms with van der Waals surface area (Å²) in [6.45, 7) is 3.86. The van der Waals surface area contributed by atoms with Crippen molar-refractivity contribution in [1.82, 2.24) is 15.2 Å². The van der Waals surface area contributed by atoms with Gasteiger partial charge in [0.2, 0.25) is 0 Å². The van der Waals surface area contributed by atoms with E-state index < -0.39 is 6.10 Å². The number of aromatic nitrogens is 3. The van der Waals surface area contributed by atoms with Gasteiger partial charge in [0.25, 0.3) is 0 Å². The summed E-state index contributed by atoms with van der Waals surface area (Å²) in [5.41, 5.74) is 0.713. The maximum absolute atomic E-state index is 9.62. The van der Waals surface area contributed by atoms with Crippen LogP contribution in [-0.4, -0.2) is 20.3 Å². The molecule has 0 aliphatic carbocycles. The number of aryl methyl sites for hydroxylation is 1. The molecule has 0 aromatic carbocycles. The summed E-state index contributed by atoms with van der Waals surface area (Å²) in [4.78, 5) is 5.25. The Morgan fingerprint density at radius 3 is 2.76 bits per heavy atom. The summed E-state index contributed by atoms with van der Waals surface area (Å²) in [5, 5.41) is 18.6. The van der Waals surface area contributed by atoms with Crippen LogP contribution in [-0.2, 0) is 0 Å². The van der Waals surface area contributed by atoms with Gasteiger partial charge in [0.1, 0.15) is 5.01 Å². The number of hydrogen-bond donors (Lipinski definition) is 1. The summed E-state index contributed by atoms with van der Waals surface area (Å²) in [7, 11) is 0. The second-order valence-electron chi connectivity index (χ2n) is 3.53. The van der Waals surface area contributed by atoms with Gasteiger partial charge in [-0.25, -0.2) is 0 Å². The standard InChI is InChI=1S/C11H13N3OS2/c1-3-10(15)9-5-4-8(6-12-9)17-11-14-13-7(2)16-11/h4-6,10,15H,3H2,1-2H3/t10-/m0/s1. The second kappa shape index (κ2) is 5.57. The van der Waals surface area contributed by atoms with E-state index in [1.54, 1.807) is 17.5 Å². The summed E-state index contributed by atoms with van der Waals surface area (Å²) in [6, 6.07) is 3.80. The molecule has 0 radical (unpaired) electrons. The molecule has 0 aliphatic rings. The molecule has 0 saturated carbocycles. The van der Waals surface area contributed by atoms with Crippen LogP contribution in [0, 0.1) is 6.92 Å². The Morgan fingerprint density at radius 2 is 2.24 bits per heavy atom. The van der Waals surface area contributed by atoms with E-state index >= 15 is 0 Å². The number of pyridine rings is 1. The first-order valence-electron chi connectivity index (χ1n) is 5.31. The molecule has 4 nitrogen and oxygen atoms in total. The zero-order valence-electron chi connectivity index (χ0n) is 9.62. The molecule has 2 rings (SSSR count). The van der Waals surface area contributed by atoms with E-state index in [0.717, 1.165) is 14.2 Å². The third-order valence-corrected chi connectivity index (χ3v) is 4.07. The molecule has 90 valence electrons. The molecular formula is C11H13N3OS2. The first-order valence-corrected chi connectivity index (χ1v) is 6.94. The van der Waals surface area contributed by atoms with E-state index in [-0.39, 0.29) is 0 Å². The van der Waals surface area contributed by atoms with Crippen LogP contribution in [0.5, 0.6) is 0 Å². The van der Waals surface area contributed by atoms with Gasteiger partial charge < -0.3 is 5.11 Å². The van der Waals surface area contributed by atoms with Gasteiger partial charge in [0, 0.05) is 11.1 Å². The minimum atomic E-state index is -0.474. The van der Waals surface area contributed by atoms with Gasteiger partial charge in [0.15, 0.2) is 4.34 Å². The molecule has 0 unspecified atom stereocenters. The topological polar surface area (TPSA) is 58.9 Å². The minimum absolute atomic E-state index is 0.474. The van der Waals surface area contributed by atoms with Crippen LogP contribution < -0.4 is 0 Å². The predicted octanol–water partition coefficient (Wildman–Crippen LogP) is 2.84. The Morgan fingerprint density at radius 1 is 1.41 bits per heavy atom. The van der Waals surface area contributed by atoms with Crippen LogP contribution in [0.1, 0.15) is 30.2 Å². The van der Waals surface area contributed by atoms with E-state index in [9.17, 15) is 5.11 Å². The number of hydrogen-bond acceptors (Lipinski definition) is 6. The lowest BCUT2D eigenvalue weighted by Gasteiger charge is -2.06. The minimum Gasteiger partial charge on any atom is -0.387 e. The van der Waals surface area contributed by atoms with E-state index in [1.165, 1.54) is 11.8 Å². The summed E-state index contributed by atoms with van der Waals surface area (Å²) < 4.78 is 0.910. The molecule has 2 heterocycles. The quantitative estimate of drug-likeness (QED) is 0.923. The zero-order chi connectivity index (χ0) is 12.3. The third kappa shape index (κ3) is 3.24. The van der Waals surface area contributed by atoms with Crippen LogP contribution in [0.3, 0.4) is 0 Å². The molecule has 0 fully saturated rings. The van der Waals surface area contributed by atoms with Crippen molar-refractivity contribution in [3.8, 4) is 0 Å². The largest absolute Gasteiger partial charge is 0.387 e. The highest BCUT2D eigenvalue weighted by atomic mass is 32.2. The first kappa shape index (κ1) is 12.5. The summed E-state index contributed by atoms with van der Waals surface area (Å²) >= 11 is 3.10. The van der Waals surface area contributed by atoms with E-state index in [0.29, 0.717) is 12.1 Å². The molecule has 0 amide bonds.